The second-order valence-corrected chi connectivity index (χ2v) is 6.99. The molecule has 4 rings (SSSR count). The highest BCUT2D eigenvalue weighted by molar-refractivity contribution is 6.02. The van der Waals surface area contributed by atoms with Crippen LogP contribution in [0.15, 0.2) is 28.8 Å². The van der Waals surface area contributed by atoms with Gasteiger partial charge in [0.05, 0.1) is 5.69 Å². The highest BCUT2D eigenvalue weighted by Crippen LogP contribution is 2.31. The number of fused-ring (bicyclic) bond motifs is 1. The van der Waals surface area contributed by atoms with Gasteiger partial charge < -0.3 is 14.2 Å². The number of rotatable bonds is 4. The quantitative estimate of drug-likeness (QED) is 0.812. The van der Waals surface area contributed by atoms with E-state index in [-0.39, 0.29) is 25.0 Å². The Hall–Kier alpha value is -2.90. The van der Waals surface area contributed by atoms with Gasteiger partial charge >= 0.3 is 0 Å². The summed E-state index contributed by atoms with van der Waals surface area (Å²) in [5.74, 6) is 2.16. The fourth-order valence-electron chi connectivity index (χ4n) is 3.63. The molecule has 0 unspecified atom stereocenters. The van der Waals surface area contributed by atoms with Crippen molar-refractivity contribution in [2.75, 3.05) is 31.1 Å². The first kappa shape index (κ1) is 17.5. The first-order chi connectivity index (χ1) is 13.1. The molecule has 8 nitrogen and oxygen atoms in total. The summed E-state index contributed by atoms with van der Waals surface area (Å²) in [5, 5.41) is 3.95. The molecule has 1 aromatic carbocycles. The third-order valence-corrected chi connectivity index (χ3v) is 5.11. The van der Waals surface area contributed by atoms with E-state index < -0.39 is 0 Å². The Bertz CT molecular complexity index is 842. The predicted octanol–water partition coefficient (Wildman–Crippen LogP) is 1.58. The SMILES string of the molecule is Cc1nc(CC2CCN(C(=O)CN3C(=O)COc4ccccc43)CC2)no1. The second kappa shape index (κ2) is 7.38. The largest absolute Gasteiger partial charge is 0.482 e. The molecule has 1 saturated heterocycles. The maximum atomic E-state index is 12.7. The first-order valence-corrected chi connectivity index (χ1v) is 9.19. The number of hydrogen-bond acceptors (Lipinski definition) is 6. The summed E-state index contributed by atoms with van der Waals surface area (Å²) < 4.78 is 10.4. The third-order valence-electron chi connectivity index (χ3n) is 5.11. The zero-order chi connectivity index (χ0) is 18.8. The molecule has 8 heteroatoms. The molecular formula is C19H22N4O4. The molecule has 0 bridgehead atoms. The Morgan fingerprint density at radius 3 is 2.78 bits per heavy atom. The summed E-state index contributed by atoms with van der Waals surface area (Å²) in [6.07, 6.45) is 2.56. The van der Waals surface area contributed by atoms with Gasteiger partial charge in [0.1, 0.15) is 12.3 Å². The van der Waals surface area contributed by atoms with Gasteiger partial charge in [-0.25, -0.2) is 0 Å². The number of benzene rings is 1. The Morgan fingerprint density at radius 2 is 2.04 bits per heavy atom. The van der Waals surface area contributed by atoms with Crippen LogP contribution in [0.25, 0.3) is 0 Å². The molecule has 0 saturated carbocycles. The molecule has 27 heavy (non-hydrogen) atoms. The van der Waals surface area contributed by atoms with Crippen LogP contribution in [0.5, 0.6) is 5.75 Å². The van der Waals surface area contributed by atoms with Crippen molar-refractivity contribution in [3.05, 3.63) is 36.0 Å². The number of aryl methyl sites for hydroxylation is 1. The van der Waals surface area contributed by atoms with Crippen molar-refractivity contribution in [3.63, 3.8) is 0 Å². The number of hydrogen-bond donors (Lipinski definition) is 0. The zero-order valence-corrected chi connectivity index (χ0v) is 15.3. The van der Waals surface area contributed by atoms with Gasteiger partial charge in [0, 0.05) is 26.4 Å². The van der Waals surface area contributed by atoms with Crippen LogP contribution in [0.1, 0.15) is 24.6 Å². The van der Waals surface area contributed by atoms with Gasteiger partial charge in [-0.2, -0.15) is 4.98 Å². The summed E-state index contributed by atoms with van der Waals surface area (Å²) in [5.41, 5.74) is 0.657. The van der Waals surface area contributed by atoms with Gasteiger partial charge in [-0.3, -0.25) is 14.5 Å². The van der Waals surface area contributed by atoms with Gasteiger partial charge in [-0.1, -0.05) is 17.3 Å². The molecule has 0 N–H and O–H groups in total. The lowest BCUT2D eigenvalue weighted by atomic mass is 9.93. The molecule has 2 aliphatic heterocycles. The maximum Gasteiger partial charge on any atom is 0.265 e. The average molecular weight is 370 g/mol. The molecular weight excluding hydrogens is 348 g/mol. The number of piperidine rings is 1. The summed E-state index contributed by atoms with van der Waals surface area (Å²) in [6.45, 7) is 3.16. The van der Waals surface area contributed by atoms with Gasteiger partial charge in [-0.15, -0.1) is 0 Å². The third kappa shape index (κ3) is 3.79. The van der Waals surface area contributed by atoms with E-state index in [0.717, 1.165) is 25.1 Å². The number of amides is 2. The minimum atomic E-state index is -0.190. The normalized spacial score (nSPS) is 17.6. The van der Waals surface area contributed by atoms with Gasteiger partial charge in [-0.05, 0) is 30.9 Å². The molecule has 0 radical (unpaired) electrons. The molecule has 2 aromatic rings. The van der Waals surface area contributed by atoms with Crippen LogP contribution in [0, 0.1) is 12.8 Å². The van der Waals surface area contributed by atoms with Crippen LogP contribution < -0.4 is 9.64 Å². The minimum Gasteiger partial charge on any atom is -0.482 e. The van der Waals surface area contributed by atoms with E-state index in [2.05, 4.69) is 10.1 Å². The van der Waals surface area contributed by atoms with Gasteiger partial charge in [0.15, 0.2) is 12.4 Å². The fraction of sp³-hybridized carbons (Fsp3) is 0.474. The summed E-state index contributed by atoms with van der Waals surface area (Å²) in [7, 11) is 0. The van der Waals surface area contributed by atoms with Crippen LogP contribution in [-0.4, -0.2) is 53.1 Å². The van der Waals surface area contributed by atoms with E-state index in [1.807, 2.05) is 23.1 Å². The number of anilines is 1. The average Bonchev–Trinajstić information content (AvgIpc) is 3.09. The van der Waals surface area contributed by atoms with E-state index in [4.69, 9.17) is 9.26 Å². The molecule has 0 atom stereocenters. The van der Waals surface area contributed by atoms with Crippen LogP contribution in [-0.2, 0) is 16.0 Å². The van der Waals surface area contributed by atoms with Crippen LogP contribution >= 0.6 is 0 Å². The molecule has 1 aromatic heterocycles. The molecule has 3 heterocycles. The number of ether oxygens (including phenoxy) is 1. The number of likely N-dealkylation sites (tertiary alicyclic amines) is 1. The summed E-state index contributed by atoms with van der Waals surface area (Å²) in [4.78, 5) is 32.6. The topological polar surface area (TPSA) is 88.8 Å². The summed E-state index contributed by atoms with van der Waals surface area (Å²) >= 11 is 0. The predicted molar refractivity (Wildman–Crippen MR) is 96.3 cm³/mol. The lowest BCUT2D eigenvalue weighted by Gasteiger charge is -2.34. The lowest BCUT2D eigenvalue weighted by Crippen LogP contribution is -2.48. The van der Waals surface area contributed by atoms with Crippen LogP contribution in [0.2, 0.25) is 0 Å². The number of para-hydroxylation sites is 2. The van der Waals surface area contributed by atoms with Gasteiger partial charge in [0.25, 0.3) is 5.91 Å². The number of aromatic nitrogens is 2. The van der Waals surface area contributed by atoms with E-state index >= 15 is 0 Å². The smallest absolute Gasteiger partial charge is 0.265 e. The second-order valence-electron chi connectivity index (χ2n) is 6.99. The minimum absolute atomic E-state index is 0.0313. The Kier molecular flexibility index (Phi) is 4.79. The number of carbonyl (C=O) groups is 2. The van der Waals surface area contributed by atoms with Crippen molar-refractivity contribution in [3.8, 4) is 5.75 Å². The highest BCUT2D eigenvalue weighted by Gasteiger charge is 2.30. The molecule has 142 valence electrons. The van der Waals surface area contributed by atoms with Crippen molar-refractivity contribution in [2.45, 2.75) is 26.2 Å². The van der Waals surface area contributed by atoms with Crippen molar-refractivity contribution in [2.24, 2.45) is 5.92 Å². The van der Waals surface area contributed by atoms with Crippen molar-refractivity contribution >= 4 is 17.5 Å². The molecule has 2 aliphatic rings. The Labute approximate surface area is 157 Å². The molecule has 2 amide bonds. The Balaban J connectivity index is 1.34. The van der Waals surface area contributed by atoms with Crippen LogP contribution in [0.3, 0.4) is 0 Å². The van der Waals surface area contributed by atoms with Gasteiger partial charge in [0.2, 0.25) is 11.8 Å². The maximum absolute atomic E-state index is 12.7. The zero-order valence-electron chi connectivity index (χ0n) is 15.3. The first-order valence-electron chi connectivity index (χ1n) is 9.19. The highest BCUT2D eigenvalue weighted by atomic mass is 16.5. The molecule has 0 spiro atoms. The summed E-state index contributed by atoms with van der Waals surface area (Å²) in [6, 6.07) is 7.30. The Morgan fingerprint density at radius 1 is 1.26 bits per heavy atom. The van der Waals surface area contributed by atoms with E-state index in [1.54, 1.807) is 13.0 Å². The molecule has 1 fully saturated rings. The number of carbonyl (C=O) groups excluding carboxylic acids is 2. The van der Waals surface area contributed by atoms with Crippen LogP contribution in [0.4, 0.5) is 5.69 Å². The standard InChI is InChI=1S/C19H22N4O4/c1-13-20-17(21-27-13)10-14-6-8-22(9-7-14)18(24)11-23-15-4-2-3-5-16(15)26-12-19(23)25/h2-5,14H,6-12H2,1H3. The fourth-order valence-corrected chi connectivity index (χ4v) is 3.63. The lowest BCUT2D eigenvalue weighted by molar-refractivity contribution is -0.133. The van der Waals surface area contributed by atoms with Crippen molar-refractivity contribution < 1.29 is 18.8 Å². The number of nitrogens with zero attached hydrogens (tertiary/aromatic N) is 4. The monoisotopic (exact) mass is 370 g/mol. The van der Waals surface area contributed by atoms with Crippen molar-refractivity contribution in [1.82, 2.24) is 15.0 Å². The van der Waals surface area contributed by atoms with E-state index in [0.29, 0.717) is 36.3 Å². The van der Waals surface area contributed by atoms with Crippen molar-refractivity contribution in [1.29, 1.82) is 0 Å². The molecule has 0 aliphatic carbocycles. The van der Waals surface area contributed by atoms with E-state index in [9.17, 15) is 9.59 Å². The van der Waals surface area contributed by atoms with E-state index in [1.165, 1.54) is 4.90 Å².